The van der Waals surface area contributed by atoms with Crippen molar-refractivity contribution in [2.24, 2.45) is 0 Å². The topological polar surface area (TPSA) is 78.1 Å². The van der Waals surface area contributed by atoms with Gasteiger partial charge in [-0.25, -0.2) is 4.79 Å². The van der Waals surface area contributed by atoms with Crippen LogP contribution in [0.5, 0.6) is 23.0 Å². The highest BCUT2D eigenvalue weighted by molar-refractivity contribution is 6.32. The molecule has 0 radical (unpaired) electrons. The third-order valence-electron chi connectivity index (χ3n) is 3.42. The zero-order valence-electron chi connectivity index (χ0n) is 14.8. The first-order valence-electron chi connectivity index (χ1n) is 7.81. The Morgan fingerprint density at radius 3 is 2.38 bits per heavy atom. The Hall–Kier alpha value is -2.80. The molecule has 140 valence electrons. The second-order valence-electron chi connectivity index (χ2n) is 5.07. The molecule has 2 aromatic rings. The van der Waals surface area contributed by atoms with Crippen LogP contribution in [-0.2, 0) is 0 Å². The predicted molar refractivity (Wildman–Crippen MR) is 100 cm³/mol. The highest BCUT2D eigenvalue weighted by Gasteiger charge is 2.10. The van der Waals surface area contributed by atoms with Crippen molar-refractivity contribution in [1.29, 1.82) is 0 Å². The number of amides is 2. The number of ether oxygens (including phenoxy) is 4. The molecule has 0 aliphatic carbocycles. The summed E-state index contributed by atoms with van der Waals surface area (Å²) in [6.45, 7) is 0.566. The zero-order chi connectivity index (χ0) is 18.9. The lowest BCUT2D eigenvalue weighted by atomic mass is 10.3. The number of anilines is 1. The van der Waals surface area contributed by atoms with Crippen molar-refractivity contribution in [3.05, 3.63) is 41.4 Å². The van der Waals surface area contributed by atoms with Gasteiger partial charge < -0.3 is 29.6 Å². The molecule has 0 saturated carbocycles. The van der Waals surface area contributed by atoms with E-state index in [1.54, 1.807) is 43.5 Å². The van der Waals surface area contributed by atoms with E-state index in [0.29, 0.717) is 40.3 Å². The van der Waals surface area contributed by atoms with E-state index < -0.39 is 0 Å². The summed E-state index contributed by atoms with van der Waals surface area (Å²) in [5.74, 6) is 2.16. The first-order chi connectivity index (χ1) is 12.6. The molecule has 8 heteroatoms. The molecule has 0 spiro atoms. The maximum absolute atomic E-state index is 11.9. The lowest BCUT2D eigenvalue weighted by Gasteiger charge is -2.14. The quantitative estimate of drug-likeness (QED) is 0.684. The van der Waals surface area contributed by atoms with E-state index >= 15 is 0 Å². The number of carbonyl (C=O) groups excluding carboxylic acids is 1. The molecule has 26 heavy (non-hydrogen) atoms. The smallest absolute Gasteiger partial charge is 0.319 e. The molecule has 0 aliphatic rings. The van der Waals surface area contributed by atoms with Gasteiger partial charge in [0.05, 0.1) is 32.9 Å². The molecular weight excluding hydrogens is 360 g/mol. The molecular formula is C18H21ClN2O5. The normalized spacial score (nSPS) is 10.0. The number of para-hydroxylation sites is 1. The van der Waals surface area contributed by atoms with Gasteiger partial charge >= 0.3 is 6.03 Å². The van der Waals surface area contributed by atoms with E-state index in [4.69, 9.17) is 30.5 Å². The van der Waals surface area contributed by atoms with E-state index in [1.807, 2.05) is 0 Å². The fraction of sp³-hybridized carbons (Fsp3) is 0.278. The Morgan fingerprint density at radius 1 is 1.00 bits per heavy atom. The molecule has 0 saturated heterocycles. The molecule has 0 unspecified atom stereocenters. The van der Waals surface area contributed by atoms with Gasteiger partial charge in [0.1, 0.15) is 12.4 Å². The maximum atomic E-state index is 11.9. The molecule has 2 amide bonds. The Kier molecular flexibility index (Phi) is 7.23. The van der Waals surface area contributed by atoms with Crippen LogP contribution < -0.4 is 29.6 Å². The van der Waals surface area contributed by atoms with E-state index in [9.17, 15) is 4.79 Å². The first kappa shape index (κ1) is 19.5. The minimum atomic E-state index is -0.368. The lowest BCUT2D eigenvalue weighted by Crippen LogP contribution is -2.32. The van der Waals surface area contributed by atoms with Crippen LogP contribution in [0.1, 0.15) is 0 Å². The number of urea groups is 1. The summed E-state index contributed by atoms with van der Waals surface area (Å²) in [7, 11) is 4.62. The number of hydrogen-bond acceptors (Lipinski definition) is 5. The molecule has 0 aromatic heterocycles. The summed E-state index contributed by atoms with van der Waals surface area (Å²) in [6, 6.07) is 9.95. The van der Waals surface area contributed by atoms with Crippen molar-refractivity contribution in [2.75, 3.05) is 39.8 Å². The van der Waals surface area contributed by atoms with Crippen LogP contribution in [0.2, 0.25) is 5.02 Å². The SMILES string of the molecule is COc1ccc(NC(=O)NCCOc2cccc(OC)c2OC)cc1Cl. The van der Waals surface area contributed by atoms with Crippen LogP contribution in [0.4, 0.5) is 10.5 Å². The number of methoxy groups -OCH3 is 3. The van der Waals surface area contributed by atoms with Gasteiger partial charge in [-0.2, -0.15) is 0 Å². The second-order valence-corrected chi connectivity index (χ2v) is 5.48. The molecule has 2 aromatic carbocycles. The summed E-state index contributed by atoms with van der Waals surface area (Å²) in [4.78, 5) is 11.9. The largest absolute Gasteiger partial charge is 0.495 e. The zero-order valence-corrected chi connectivity index (χ0v) is 15.6. The van der Waals surface area contributed by atoms with Crippen LogP contribution in [0.25, 0.3) is 0 Å². The van der Waals surface area contributed by atoms with Crippen molar-refractivity contribution < 1.29 is 23.7 Å². The van der Waals surface area contributed by atoms with Crippen molar-refractivity contribution in [3.63, 3.8) is 0 Å². The van der Waals surface area contributed by atoms with Gasteiger partial charge in [0, 0.05) is 5.69 Å². The number of carbonyl (C=O) groups is 1. The van der Waals surface area contributed by atoms with Gasteiger partial charge in [0.25, 0.3) is 0 Å². The molecule has 0 fully saturated rings. The molecule has 2 N–H and O–H groups in total. The van der Waals surface area contributed by atoms with Gasteiger partial charge in [-0.05, 0) is 30.3 Å². The molecule has 0 atom stereocenters. The lowest BCUT2D eigenvalue weighted by molar-refractivity contribution is 0.245. The van der Waals surface area contributed by atoms with Crippen LogP contribution in [-0.4, -0.2) is 40.5 Å². The van der Waals surface area contributed by atoms with Crippen molar-refractivity contribution in [3.8, 4) is 23.0 Å². The minimum Gasteiger partial charge on any atom is -0.495 e. The van der Waals surface area contributed by atoms with Gasteiger partial charge in [-0.15, -0.1) is 0 Å². The first-order valence-corrected chi connectivity index (χ1v) is 8.19. The van der Waals surface area contributed by atoms with Gasteiger partial charge in [0.2, 0.25) is 5.75 Å². The molecule has 0 bridgehead atoms. The van der Waals surface area contributed by atoms with Gasteiger partial charge in [-0.3, -0.25) is 0 Å². The summed E-state index contributed by atoms with van der Waals surface area (Å²) < 4.78 is 21.2. The predicted octanol–water partition coefficient (Wildman–Crippen LogP) is 3.57. The average Bonchev–Trinajstić information content (AvgIpc) is 2.65. The second kappa shape index (κ2) is 9.62. The highest BCUT2D eigenvalue weighted by atomic mass is 35.5. The highest BCUT2D eigenvalue weighted by Crippen LogP contribution is 2.36. The van der Waals surface area contributed by atoms with E-state index in [-0.39, 0.29) is 12.6 Å². The fourth-order valence-electron chi connectivity index (χ4n) is 2.22. The van der Waals surface area contributed by atoms with Gasteiger partial charge in [0.15, 0.2) is 11.5 Å². The van der Waals surface area contributed by atoms with Gasteiger partial charge in [-0.1, -0.05) is 17.7 Å². The number of rotatable bonds is 8. The van der Waals surface area contributed by atoms with Crippen molar-refractivity contribution in [2.45, 2.75) is 0 Å². The summed E-state index contributed by atoms with van der Waals surface area (Å²) in [5.41, 5.74) is 0.559. The van der Waals surface area contributed by atoms with Crippen LogP contribution in [0, 0.1) is 0 Å². The van der Waals surface area contributed by atoms with Crippen LogP contribution in [0.15, 0.2) is 36.4 Å². The minimum absolute atomic E-state index is 0.264. The van der Waals surface area contributed by atoms with Crippen LogP contribution >= 0.6 is 11.6 Å². The Balaban J connectivity index is 1.81. The Bertz CT molecular complexity index is 754. The van der Waals surface area contributed by atoms with E-state index in [0.717, 1.165) is 0 Å². The molecule has 7 nitrogen and oxygen atoms in total. The molecule has 0 heterocycles. The summed E-state index contributed by atoms with van der Waals surface area (Å²) in [5, 5.41) is 5.79. The summed E-state index contributed by atoms with van der Waals surface area (Å²) in [6.07, 6.45) is 0. The Morgan fingerprint density at radius 2 is 1.73 bits per heavy atom. The Labute approximate surface area is 157 Å². The summed E-state index contributed by atoms with van der Waals surface area (Å²) >= 11 is 6.02. The van der Waals surface area contributed by atoms with Crippen molar-refractivity contribution >= 4 is 23.3 Å². The number of benzene rings is 2. The average molecular weight is 381 g/mol. The standard InChI is InChI=1S/C18H21ClN2O5/c1-23-14-8-7-12(11-13(14)19)21-18(22)20-9-10-26-16-6-4-5-15(24-2)17(16)25-3/h4-8,11H,9-10H2,1-3H3,(H2,20,21,22). The third-order valence-corrected chi connectivity index (χ3v) is 3.72. The van der Waals surface area contributed by atoms with Crippen molar-refractivity contribution in [1.82, 2.24) is 5.32 Å². The number of nitrogens with one attached hydrogen (secondary N) is 2. The molecule has 0 aliphatic heterocycles. The number of hydrogen-bond donors (Lipinski definition) is 2. The maximum Gasteiger partial charge on any atom is 0.319 e. The number of halogens is 1. The fourth-order valence-corrected chi connectivity index (χ4v) is 2.47. The molecule has 2 rings (SSSR count). The third kappa shape index (κ3) is 5.10. The van der Waals surface area contributed by atoms with Crippen LogP contribution in [0.3, 0.4) is 0 Å². The van der Waals surface area contributed by atoms with E-state index in [2.05, 4.69) is 10.6 Å². The monoisotopic (exact) mass is 380 g/mol. The van der Waals surface area contributed by atoms with E-state index in [1.165, 1.54) is 14.2 Å².